The lowest BCUT2D eigenvalue weighted by atomic mass is 10.1. The van der Waals surface area contributed by atoms with Crippen LogP contribution in [0.1, 0.15) is 25.6 Å². The maximum absolute atomic E-state index is 12.3. The highest BCUT2D eigenvalue weighted by Gasteiger charge is 2.12. The molecule has 0 aliphatic rings. The van der Waals surface area contributed by atoms with Crippen molar-refractivity contribution in [3.63, 3.8) is 0 Å². The smallest absolute Gasteiger partial charge is 0.337 e. The van der Waals surface area contributed by atoms with Crippen LogP contribution in [-0.4, -0.2) is 30.5 Å². The number of hydrogen-bond donors (Lipinski definition) is 1. The fourth-order valence-electron chi connectivity index (χ4n) is 2.42. The lowest BCUT2D eigenvalue weighted by molar-refractivity contribution is 0.0600. The van der Waals surface area contributed by atoms with Gasteiger partial charge in [0, 0.05) is 24.3 Å². The Morgan fingerprint density at radius 3 is 2.88 bits per heavy atom. The minimum absolute atomic E-state index is 0.151. The van der Waals surface area contributed by atoms with Crippen LogP contribution in [0.25, 0.3) is 10.1 Å². The van der Waals surface area contributed by atoms with Gasteiger partial charge in [-0.3, -0.25) is 9.78 Å². The Morgan fingerprint density at radius 2 is 2.12 bits per heavy atom. The van der Waals surface area contributed by atoms with Crippen molar-refractivity contribution in [3.8, 4) is 0 Å². The van der Waals surface area contributed by atoms with Gasteiger partial charge in [0.25, 0.3) is 5.91 Å². The topological polar surface area (TPSA) is 68.3 Å². The minimum atomic E-state index is -0.373. The van der Waals surface area contributed by atoms with E-state index in [-0.39, 0.29) is 11.9 Å². The number of rotatable bonds is 5. The Balaban J connectivity index is 1.62. The van der Waals surface area contributed by atoms with Crippen molar-refractivity contribution in [3.05, 3.63) is 63.8 Å². The summed E-state index contributed by atoms with van der Waals surface area (Å²) in [5, 5.41) is 4.25. The normalized spacial score (nSPS) is 10.6. The molecule has 0 aliphatic carbocycles. The number of benzene rings is 1. The first kappa shape index (κ1) is 17.4. The summed E-state index contributed by atoms with van der Waals surface area (Å²) in [6.45, 7) is 0.462. The number of nitrogens with zero attached hydrogens (tertiary/aromatic N) is 1. The SMILES string of the molecule is COC(=O)c1cccc(CCNC(=O)c2cc3c(Cl)cncc3s2)c1. The summed E-state index contributed by atoms with van der Waals surface area (Å²) >= 11 is 7.44. The van der Waals surface area contributed by atoms with Crippen molar-refractivity contribution >= 4 is 44.9 Å². The number of pyridine rings is 1. The first-order valence-corrected chi connectivity index (χ1v) is 8.76. The zero-order valence-corrected chi connectivity index (χ0v) is 15.0. The average molecular weight is 375 g/mol. The highest BCUT2D eigenvalue weighted by Crippen LogP contribution is 2.29. The maximum atomic E-state index is 12.3. The Bertz CT molecular complexity index is 939. The number of esters is 1. The molecule has 0 bridgehead atoms. The number of carbonyl (C=O) groups excluding carboxylic acids is 2. The van der Waals surface area contributed by atoms with E-state index < -0.39 is 0 Å². The van der Waals surface area contributed by atoms with Gasteiger partial charge >= 0.3 is 5.97 Å². The summed E-state index contributed by atoms with van der Waals surface area (Å²) < 4.78 is 5.59. The molecule has 25 heavy (non-hydrogen) atoms. The summed E-state index contributed by atoms with van der Waals surface area (Å²) in [5.74, 6) is -0.525. The third-order valence-corrected chi connectivity index (χ3v) is 5.04. The van der Waals surface area contributed by atoms with E-state index in [0.717, 1.165) is 15.6 Å². The van der Waals surface area contributed by atoms with Crippen LogP contribution in [0.2, 0.25) is 5.02 Å². The van der Waals surface area contributed by atoms with Gasteiger partial charge in [-0.25, -0.2) is 4.79 Å². The minimum Gasteiger partial charge on any atom is -0.465 e. The van der Waals surface area contributed by atoms with Gasteiger partial charge in [0.05, 0.1) is 27.3 Å². The number of methoxy groups -OCH3 is 1. The van der Waals surface area contributed by atoms with E-state index >= 15 is 0 Å². The summed E-state index contributed by atoms with van der Waals surface area (Å²) in [4.78, 5) is 28.5. The van der Waals surface area contributed by atoms with Crippen LogP contribution in [0.3, 0.4) is 0 Å². The van der Waals surface area contributed by atoms with Crippen LogP contribution in [0, 0.1) is 0 Å². The van der Waals surface area contributed by atoms with Gasteiger partial charge in [-0.05, 0) is 30.2 Å². The van der Waals surface area contributed by atoms with Gasteiger partial charge < -0.3 is 10.1 Å². The maximum Gasteiger partial charge on any atom is 0.337 e. The van der Waals surface area contributed by atoms with Crippen LogP contribution in [0.4, 0.5) is 0 Å². The molecule has 0 atom stereocenters. The van der Waals surface area contributed by atoms with Crippen molar-refractivity contribution in [1.29, 1.82) is 0 Å². The number of fused-ring (bicyclic) bond motifs is 1. The molecule has 1 N–H and O–H groups in total. The first-order valence-electron chi connectivity index (χ1n) is 7.57. The molecular formula is C18H15ClN2O3S. The Hall–Kier alpha value is -2.44. The molecule has 0 fully saturated rings. The molecule has 3 rings (SSSR count). The summed E-state index contributed by atoms with van der Waals surface area (Å²) in [6, 6.07) is 8.94. The average Bonchev–Trinajstić information content (AvgIpc) is 3.07. The van der Waals surface area contributed by atoms with E-state index in [9.17, 15) is 9.59 Å². The fourth-order valence-corrected chi connectivity index (χ4v) is 3.66. The van der Waals surface area contributed by atoms with Crippen molar-refractivity contribution in [1.82, 2.24) is 10.3 Å². The molecule has 1 amide bonds. The van der Waals surface area contributed by atoms with Gasteiger partial charge in [-0.2, -0.15) is 0 Å². The molecule has 0 spiro atoms. The number of halogens is 1. The predicted molar refractivity (Wildman–Crippen MR) is 98.4 cm³/mol. The largest absolute Gasteiger partial charge is 0.465 e. The Kier molecular flexibility index (Phi) is 5.31. The number of carbonyl (C=O) groups is 2. The molecule has 0 unspecified atom stereocenters. The predicted octanol–water partition coefficient (Wildman–Crippen LogP) is 3.71. The number of amides is 1. The number of ether oxygens (including phenoxy) is 1. The van der Waals surface area contributed by atoms with E-state index in [0.29, 0.717) is 28.4 Å². The van der Waals surface area contributed by atoms with Gasteiger partial charge in [-0.15, -0.1) is 11.3 Å². The van der Waals surface area contributed by atoms with Gasteiger partial charge in [-0.1, -0.05) is 23.7 Å². The molecule has 0 radical (unpaired) electrons. The van der Waals surface area contributed by atoms with E-state index in [1.54, 1.807) is 36.7 Å². The molecule has 7 heteroatoms. The molecular weight excluding hydrogens is 360 g/mol. The number of nitrogens with one attached hydrogen (secondary N) is 1. The highest BCUT2D eigenvalue weighted by atomic mass is 35.5. The first-order chi connectivity index (χ1) is 12.1. The van der Waals surface area contributed by atoms with Crippen LogP contribution in [0.15, 0.2) is 42.7 Å². The molecule has 5 nitrogen and oxygen atoms in total. The zero-order valence-electron chi connectivity index (χ0n) is 13.4. The van der Waals surface area contributed by atoms with Gasteiger partial charge in [0.1, 0.15) is 0 Å². The lowest BCUT2D eigenvalue weighted by Gasteiger charge is -2.05. The van der Waals surface area contributed by atoms with E-state index in [1.165, 1.54) is 18.4 Å². The van der Waals surface area contributed by atoms with Crippen molar-refractivity contribution < 1.29 is 14.3 Å². The van der Waals surface area contributed by atoms with Crippen molar-refractivity contribution in [2.75, 3.05) is 13.7 Å². The molecule has 0 saturated carbocycles. The molecule has 2 aromatic heterocycles. The van der Waals surface area contributed by atoms with Crippen LogP contribution in [-0.2, 0) is 11.2 Å². The van der Waals surface area contributed by atoms with Crippen molar-refractivity contribution in [2.45, 2.75) is 6.42 Å². The van der Waals surface area contributed by atoms with Gasteiger partial charge in [0.15, 0.2) is 0 Å². The molecule has 128 valence electrons. The molecule has 0 saturated heterocycles. The Morgan fingerprint density at radius 1 is 1.28 bits per heavy atom. The standard InChI is InChI=1S/C18H15ClN2O3S/c1-24-18(23)12-4-2-3-11(7-12)5-6-21-17(22)15-8-13-14(19)9-20-10-16(13)25-15/h2-4,7-10H,5-6H2,1H3,(H,21,22). The Labute approximate surface area is 153 Å². The van der Waals surface area contributed by atoms with Gasteiger partial charge in [0.2, 0.25) is 0 Å². The van der Waals surface area contributed by atoms with E-state index in [2.05, 4.69) is 10.3 Å². The lowest BCUT2D eigenvalue weighted by Crippen LogP contribution is -2.24. The van der Waals surface area contributed by atoms with Crippen LogP contribution in [0.5, 0.6) is 0 Å². The molecule has 2 heterocycles. The third-order valence-electron chi connectivity index (χ3n) is 3.67. The third kappa shape index (κ3) is 3.97. The van der Waals surface area contributed by atoms with E-state index in [4.69, 9.17) is 16.3 Å². The summed E-state index contributed by atoms with van der Waals surface area (Å²) in [7, 11) is 1.35. The van der Waals surface area contributed by atoms with E-state index in [1.807, 2.05) is 6.07 Å². The molecule has 0 aliphatic heterocycles. The monoisotopic (exact) mass is 374 g/mol. The second-order valence-electron chi connectivity index (χ2n) is 5.34. The van der Waals surface area contributed by atoms with Crippen molar-refractivity contribution in [2.24, 2.45) is 0 Å². The number of hydrogen-bond acceptors (Lipinski definition) is 5. The second-order valence-corrected chi connectivity index (χ2v) is 6.83. The number of thiophene rings is 1. The summed E-state index contributed by atoms with van der Waals surface area (Å²) in [6.07, 6.45) is 3.87. The highest BCUT2D eigenvalue weighted by molar-refractivity contribution is 7.20. The quantitative estimate of drug-likeness (QED) is 0.691. The molecule has 3 aromatic rings. The molecule has 1 aromatic carbocycles. The number of aromatic nitrogens is 1. The van der Waals surface area contributed by atoms with Crippen LogP contribution < -0.4 is 5.32 Å². The second kappa shape index (κ2) is 7.63. The van der Waals surface area contributed by atoms with Crippen LogP contribution >= 0.6 is 22.9 Å². The summed E-state index contributed by atoms with van der Waals surface area (Å²) in [5.41, 5.74) is 1.45. The fraction of sp³-hybridized carbons (Fsp3) is 0.167. The zero-order chi connectivity index (χ0) is 17.8.